The summed E-state index contributed by atoms with van der Waals surface area (Å²) in [7, 11) is 1.40. The number of rotatable bonds is 8. The van der Waals surface area contributed by atoms with E-state index in [4.69, 9.17) is 15.2 Å². The molecule has 1 unspecified atom stereocenters. The largest absolute Gasteiger partial charge is 0.504 e. The van der Waals surface area contributed by atoms with Gasteiger partial charge >= 0.3 is 5.97 Å². The van der Waals surface area contributed by atoms with Crippen molar-refractivity contribution >= 4 is 11.9 Å². The van der Waals surface area contributed by atoms with Gasteiger partial charge in [0.1, 0.15) is 12.6 Å². The van der Waals surface area contributed by atoms with Gasteiger partial charge in [0.15, 0.2) is 11.5 Å². The molecule has 1 aromatic carbocycles. The molecule has 7 nitrogen and oxygen atoms in total. The molecule has 23 heavy (non-hydrogen) atoms. The Hall–Kier alpha value is -2.28. The molecule has 0 saturated heterocycles. The molecule has 0 heterocycles. The highest BCUT2D eigenvalue weighted by Gasteiger charge is 2.20. The van der Waals surface area contributed by atoms with Crippen LogP contribution in [0.3, 0.4) is 0 Å². The maximum atomic E-state index is 11.9. The molecule has 2 atom stereocenters. The number of aromatic hydroxyl groups is 1. The zero-order valence-electron chi connectivity index (χ0n) is 13.7. The summed E-state index contributed by atoms with van der Waals surface area (Å²) >= 11 is 0. The van der Waals surface area contributed by atoms with Crippen LogP contribution in [-0.4, -0.2) is 43.3 Å². The minimum Gasteiger partial charge on any atom is -0.504 e. The van der Waals surface area contributed by atoms with E-state index in [0.717, 1.165) is 6.42 Å². The topological polar surface area (TPSA) is 111 Å². The highest BCUT2D eigenvalue weighted by molar-refractivity contribution is 5.94. The van der Waals surface area contributed by atoms with E-state index in [1.165, 1.54) is 25.3 Å². The summed E-state index contributed by atoms with van der Waals surface area (Å²) in [5, 5.41) is 12.1. The van der Waals surface area contributed by atoms with Gasteiger partial charge in [-0.2, -0.15) is 0 Å². The number of hydrogen-bond donors (Lipinski definition) is 3. The molecular formula is C16H24N2O5. The van der Waals surface area contributed by atoms with Crippen LogP contribution in [0.4, 0.5) is 0 Å². The van der Waals surface area contributed by atoms with Crippen molar-refractivity contribution in [1.29, 1.82) is 0 Å². The first kappa shape index (κ1) is 18.8. The first-order valence-corrected chi connectivity index (χ1v) is 7.48. The molecule has 0 fully saturated rings. The van der Waals surface area contributed by atoms with Gasteiger partial charge < -0.3 is 25.6 Å². The Morgan fingerprint density at radius 2 is 2.09 bits per heavy atom. The number of carbonyl (C=O) groups is 2. The van der Waals surface area contributed by atoms with Crippen molar-refractivity contribution in [2.45, 2.75) is 26.3 Å². The predicted molar refractivity (Wildman–Crippen MR) is 85.4 cm³/mol. The van der Waals surface area contributed by atoms with Gasteiger partial charge in [-0.3, -0.25) is 9.59 Å². The number of nitrogens with two attached hydrogens (primary N) is 1. The van der Waals surface area contributed by atoms with Crippen LogP contribution in [0.2, 0.25) is 0 Å². The van der Waals surface area contributed by atoms with Crippen LogP contribution in [0.15, 0.2) is 18.2 Å². The minimum absolute atomic E-state index is 0.0431. The zero-order chi connectivity index (χ0) is 17.4. The van der Waals surface area contributed by atoms with Crippen molar-refractivity contribution < 1.29 is 24.2 Å². The van der Waals surface area contributed by atoms with Crippen LogP contribution in [0.25, 0.3) is 0 Å². The van der Waals surface area contributed by atoms with Crippen LogP contribution in [0.1, 0.15) is 30.6 Å². The van der Waals surface area contributed by atoms with Crippen LogP contribution in [0, 0.1) is 5.92 Å². The SMILES string of the molecule is CCC(C)[C@H](N)C(=O)OCCNC(=O)c1ccc(O)c(OC)c1. The Kier molecular flexibility index (Phi) is 7.34. The van der Waals surface area contributed by atoms with Gasteiger partial charge in [-0.05, 0) is 24.1 Å². The van der Waals surface area contributed by atoms with Gasteiger partial charge in [0, 0.05) is 5.56 Å². The van der Waals surface area contributed by atoms with E-state index in [1.807, 2.05) is 13.8 Å². The Bertz CT molecular complexity index is 547. The molecule has 0 aliphatic heterocycles. The molecule has 0 aliphatic carbocycles. The first-order chi connectivity index (χ1) is 10.9. The fraction of sp³-hybridized carbons (Fsp3) is 0.500. The number of hydrogen-bond acceptors (Lipinski definition) is 6. The van der Waals surface area contributed by atoms with Gasteiger partial charge in [-0.15, -0.1) is 0 Å². The Labute approximate surface area is 135 Å². The van der Waals surface area contributed by atoms with Crippen LogP contribution in [-0.2, 0) is 9.53 Å². The van der Waals surface area contributed by atoms with E-state index in [2.05, 4.69) is 5.32 Å². The lowest BCUT2D eigenvalue weighted by Crippen LogP contribution is -2.39. The summed E-state index contributed by atoms with van der Waals surface area (Å²) in [6, 6.07) is 3.61. The number of carbonyl (C=O) groups excluding carboxylic acids is 2. The van der Waals surface area contributed by atoms with E-state index >= 15 is 0 Å². The lowest BCUT2D eigenvalue weighted by molar-refractivity contribution is -0.146. The lowest BCUT2D eigenvalue weighted by atomic mass is 10.0. The Morgan fingerprint density at radius 1 is 1.39 bits per heavy atom. The molecule has 4 N–H and O–H groups in total. The van der Waals surface area contributed by atoms with Crippen molar-refractivity contribution in [1.82, 2.24) is 5.32 Å². The van der Waals surface area contributed by atoms with E-state index in [-0.39, 0.29) is 36.5 Å². The fourth-order valence-electron chi connectivity index (χ4n) is 1.82. The molecular weight excluding hydrogens is 300 g/mol. The average Bonchev–Trinajstić information content (AvgIpc) is 2.57. The zero-order valence-corrected chi connectivity index (χ0v) is 13.7. The number of phenols is 1. The average molecular weight is 324 g/mol. The lowest BCUT2D eigenvalue weighted by Gasteiger charge is -2.16. The van der Waals surface area contributed by atoms with Crippen molar-refractivity contribution in [2.24, 2.45) is 11.7 Å². The number of phenolic OH excluding ortho intramolecular Hbond substituents is 1. The van der Waals surface area contributed by atoms with E-state index in [9.17, 15) is 14.7 Å². The van der Waals surface area contributed by atoms with Gasteiger partial charge in [0.05, 0.1) is 13.7 Å². The summed E-state index contributed by atoms with van der Waals surface area (Å²) in [5.74, 6) is -0.618. The molecule has 0 spiro atoms. The molecule has 0 bridgehead atoms. The minimum atomic E-state index is -0.655. The van der Waals surface area contributed by atoms with Crippen molar-refractivity contribution in [3.8, 4) is 11.5 Å². The molecule has 0 radical (unpaired) electrons. The number of ether oxygens (including phenoxy) is 2. The van der Waals surface area contributed by atoms with E-state index < -0.39 is 12.0 Å². The third-order valence-electron chi connectivity index (χ3n) is 3.60. The molecule has 1 aromatic rings. The summed E-state index contributed by atoms with van der Waals surface area (Å²) in [6.07, 6.45) is 0.787. The van der Waals surface area contributed by atoms with Gasteiger partial charge in [0.2, 0.25) is 0 Å². The molecule has 1 amide bonds. The van der Waals surface area contributed by atoms with Crippen LogP contribution < -0.4 is 15.8 Å². The summed E-state index contributed by atoms with van der Waals surface area (Å²) in [5.41, 5.74) is 6.09. The molecule has 0 saturated carbocycles. The monoisotopic (exact) mass is 324 g/mol. The third-order valence-corrected chi connectivity index (χ3v) is 3.60. The number of methoxy groups -OCH3 is 1. The predicted octanol–water partition coefficient (Wildman–Crippen LogP) is 1.05. The first-order valence-electron chi connectivity index (χ1n) is 7.48. The molecule has 7 heteroatoms. The van der Waals surface area contributed by atoms with Crippen molar-refractivity contribution in [3.63, 3.8) is 0 Å². The quantitative estimate of drug-likeness (QED) is 0.487. The molecule has 1 rings (SSSR count). The second-order valence-corrected chi connectivity index (χ2v) is 5.22. The van der Waals surface area contributed by atoms with Crippen molar-refractivity contribution in [3.05, 3.63) is 23.8 Å². The fourth-order valence-corrected chi connectivity index (χ4v) is 1.82. The third kappa shape index (κ3) is 5.45. The summed E-state index contributed by atoms with van der Waals surface area (Å²) in [6.45, 7) is 4.04. The summed E-state index contributed by atoms with van der Waals surface area (Å²) in [4.78, 5) is 23.6. The standard InChI is InChI=1S/C16H24N2O5/c1-4-10(2)14(17)16(21)23-8-7-18-15(20)11-5-6-12(19)13(9-11)22-3/h5-6,9-10,14,19H,4,7-8,17H2,1-3H3,(H,18,20)/t10?,14-/m0/s1. The number of benzene rings is 1. The second kappa shape index (κ2) is 8.99. The number of esters is 1. The highest BCUT2D eigenvalue weighted by Crippen LogP contribution is 2.26. The molecule has 128 valence electrons. The smallest absolute Gasteiger partial charge is 0.323 e. The van der Waals surface area contributed by atoms with Gasteiger partial charge in [-0.1, -0.05) is 20.3 Å². The van der Waals surface area contributed by atoms with Gasteiger partial charge in [0.25, 0.3) is 5.91 Å². The van der Waals surface area contributed by atoms with Gasteiger partial charge in [-0.25, -0.2) is 0 Å². The number of amides is 1. The maximum Gasteiger partial charge on any atom is 0.323 e. The molecule has 0 aliphatic rings. The second-order valence-electron chi connectivity index (χ2n) is 5.22. The van der Waals surface area contributed by atoms with Crippen LogP contribution in [0.5, 0.6) is 11.5 Å². The van der Waals surface area contributed by atoms with Crippen LogP contribution >= 0.6 is 0 Å². The highest BCUT2D eigenvalue weighted by atomic mass is 16.5. The maximum absolute atomic E-state index is 11.9. The summed E-state index contributed by atoms with van der Waals surface area (Å²) < 4.78 is 9.97. The Balaban J connectivity index is 2.41. The normalized spacial score (nSPS) is 13.0. The van der Waals surface area contributed by atoms with E-state index in [1.54, 1.807) is 0 Å². The number of nitrogens with one attached hydrogen (secondary N) is 1. The van der Waals surface area contributed by atoms with E-state index in [0.29, 0.717) is 5.56 Å². The Morgan fingerprint density at radius 3 is 2.70 bits per heavy atom. The van der Waals surface area contributed by atoms with Crippen molar-refractivity contribution in [2.75, 3.05) is 20.3 Å². The molecule has 0 aromatic heterocycles.